The Kier molecular flexibility index (Phi) is 4.48. The van der Waals surface area contributed by atoms with E-state index in [1.165, 1.54) is 17.0 Å². The molecular formula is C16H11F2N3O5. The zero-order valence-electron chi connectivity index (χ0n) is 13.1. The fourth-order valence-corrected chi connectivity index (χ4v) is 2.45. The van der Waals surface area contributed by atoms with E-state index in [0.29, 0.717) is 5.69 Å². The van der Waals surface area contributed by atoms with Crippen molar-refractivity contribution in [3.8, 4) is 5.75 Å². The Balaban J connectivity index is 1.80. The van der Waals surface area contributed by atoms with E-state index in [-0.39, 0.29) is 30.2 Å². The Morgan fingerprint density at radius 2 is 2.04 bits per heavy atom. The van der Waals surface area contributed by atoms with Gasteiger partial charge in [0.05, 0.1) is 28.9 Å². The summed E-state index contributed by atoms with van der Waals surface area (Å²) < 4.78 is 31.7. The first-order valence-electron chi connectivity index (χ1n) is 7.32. The Hall–Kier alpha value is -3.56. The molecule has 8 nitrogen and oxygen atoms in total. The van der Waals surface area contributed by atoms with E-state index in [9.17, 15) is 28.5 Å². The van der Waals surface area contributed by atoms with Gasteiger partial charge >= 0.3 is 5.97 Å². The maximum absolute atomic E-state index is 13.6. The number of halogens is 2. The second-order valence-electron chi connectivity index (χ2n) is 5.41. The zero-order chi connectivity index (χ0) is 18.8. The summed E-state index contributed by atoms with van der Waals surface area (Å²) in [6, 6.07) is 6.23. The van der Waals surface area contributed by atoms with Crippen molar-refractivity contribution in [2.45, 2.75) is 0 Å². The van der Waals surface area contributed by atoms with E-state index >= 15 is 0 Å². The molecule has 1 amide bonds. The molecule has 1 aliphatic heterocycles. The van der Waals surface area contributed by atoms with Crippen LogP contribution in [-0.4, -0.2) is 29.9 Å². The third-order valence-corrected chi connectivity index (χ3v) is 3.58. The highest BCUT2D eigenvalue weighted by atomic mass is 19.1. The predicted octanol–water partition coefficient (Wildman–Crippen LogP) is 2.24. The van der Waals surface area contributed by atoms with Crippen molar-refractivity contribution in [2.75, 3.05) is 23.3 Å². The number of anilines is 2. The molecule has 0 aromatic heterocycles. The topological polar surface area (TPSA) is 102 Å². The molecule has 10 heteroatoms. The SMILES string of the molecule is O=C(CN1CC(=O)Oc2cc([N+](=O)[O-])ccc21)Nc1cc(F)ccc1F. The molecule has 1 heterocycles. The van der Waals surface area contributed by atoms with Gasteiger partial charge in [0.2, 0.25) is 5.91 Å². The Morgan fingerprint density at radius 1 is 1.27 bits per heavy atom. The van der Waals surface area contributed by atoms with E-state index in [4.69, 9.17) is 4.74 Å². The molecule has 0 saturated heterocycles. The van der Waals surface area contributed by atoms with Crippen LogP contribution in [-0.2, 0) is 9.59 Å². The Labute approximate surface area is 145 Å². The fraction of sp³-hybridized carbons (Fsp3) is 0.125. The highest BCUT2D eigenvalue weighted by Gasteiger charge is 2.27. The third kappa shape index (κ3) is 3.58. The number of benzene rings is 2. The molecule has 0 fully saturated rings. The summed E-state index contributed by atoms with van der Waals surface area (Å²) >= 11 is 0. The molecule has 3 rings (SSSR count). The monoisotopic (exact) mass is 363 g/mol. The molecule has 0 atom stereocenters. The lowest BCUT2D eigenvalue weighted by atomic mass is 10.2. The quantitative estimate of drug-likeness (QED) is 0.387. The molecule has 0 saturated carbocycles. The molecule has 1 aliphatic rings. The maximum atomic E-state index is 13.6. The van der Waals surface area contributed by atoms with Crippen LogP contribution in [0.1, 0.15) is 0 Å². The number of hydrogen-bond acceptors (Lipinski definition) is 6. The number of fused-ring (bicyclic) bond motifs is 1. The normalized spacial score (nSPS) is 13.0. The number of ether oxygens (including phenoxy) is 1. The van der Waals surface area contributed by atoms with Gasteiger partial charge in [-0.1, -0.05) is 0 Å². The van der Waals surface area contributed by atoms with E-state index in [1.807, 2.05) is 0 Å². The van der Waals surface area contributed by atoms with Gasteiger partial charge in [0.1, 0.15) is 18.2 Å². The van der Waals surface area contributed by atoms with Crippen LogP contribution in [0.25, 0.3) is 0 Å². The summed E-state index contributed by atoms with van der Waals surface area (Å²) in [7, 11) is 0. The van der Waals surface area contributed by atoms with Gasteiger partial charge in [-0.3, -0.25) is 14.9 Å². The fourth-order valence-electron chi connectivity index (χ4n) is 2.45. The van der Waals surface area contributed by atoms with Crippen molar-refractivity contribution < 1.29 is 28.0 Å². The first kappa shape index (κ1) is 17.3. The first-order chi connectivity index (χ1) is 12.3. The summed E-state index contributed by atoms with van der Waals surface area (Å²) in [5.74, 6) is -2.99. The number of rotatable bonds is 4. The summed E-state index contributed by atoms with van der Waals surface area (Å²) in [4.78, 5) is 35.3. The smallest absolute Gasteiger partial charge is 0.331 e. The molecule has 134 valence electrons. The number of nitro groups is 1. The van der Waals surface area contributed by atoms with Crippen LogP contribution < -0.4 is 15.0 Å². The van der Waals surface area contributed by atoms with Crippen molar-refractivity contribution in [2.24, 2.45) is 0 Å². The number of hydrogen-bond donors (Lipinski definition) is 1. The highest BCUT2D eigenvalue weighted by molar-refractivity contribution is 5.96. The summed E-state index contributed by atoms with van der Waals surface area (Å²) in [5, 5.41) is 13.0. The molecule has 2 aromatic rings. The predicted molar refractivity (Wildman–Crippen MR) is 85.9 cm³/mol. The highest BCUT2D eigenvalue weighted by Crippen LogP contribution is 2.35. The van der Waals surface area contributed by atoms with Crippen LogP contribution in [0.4, 0.5) is 25.8 Å². The minimum atomic E-state index is -0.811. The summed E-state index contributed by atoms with van der Waals surface area (Å²) in [5.41, 5.74) is -0.312. The Bertz CT molecular complexity index is 919. The van der Waals surface area contributed by atoms with Crippen molar-refractivity contribution in [3.63, 3.8) is 0 Å². The van der Waals surface area contributed by atoms with Crippen molar-refractivity contribution in [1.29, 1.82) is 0 Å². The van der Waals surface area contributed by atoms with Crippen LogP contribution in [0.5, 0.6) is 5.75 Å². The van der Waals surface area contributed by atoms with E-state index in [2.05, 4.69) is 5.32 Å². The number of nitrogens with zero attached hydrogens (tertiary/aromatic N) is 2. The van der Waals surface area contributed by atoms with Crippen LogP contribution in [0.2, 0.25) is 0 Å². The maximum Gasteiger partial charge on any atom is 0.331 e. The Morgan fingerprint density at radius 3 is 2.77 bits per heavy atom. The minimum absolute atomic E-state index is 0.0554. The molecule has 0 aliphatic carbocycles. The molecule has 0 unspecified atom stereocenters. The first-order valence-corrected chi connectivity index (χ1v) is 7.32. The van der Waals surface area contributed by atoms with Crippen LogP contribution in [0.15, 0.2) is 36.4 Å². The van der Waals surface area contributed by atoms with Crippen LogP contribution in [0, 0.1) is 21.7 Å². The van der Waals surface area contributed by atoms with E-state index in [0.717, 1.165) is 24.3 Å². The molecular weight excluding hydrogens is 352 g/mol. The molecule has 2 aromatic carbocycles. The second-order valence-corrected chi connectivity index (χ2v) is 5.41. The van der Waals surface area contributed by atoms with Gasteiger partial charge in [-0.15, -0.1) is 0 Å². The van der Waals surface area contributed by atoms with Gasteiger partial charge in [-0.25, -0.2) is 13.6 Å². The lowest BCUT2D eigenvalue weighted by Crippen LogP contribution is -2.41. The van der Waals surface area contributed by atoms with Crippen LogP contribution >= 0.6 is 0 Å². The average molecular weight is 363 g/mol. The average Bonchev–Trinajstić information content (AvgIpc) is 2.57. The largest absolute Gasteiger partial charge is 0.423 e. The van der Waals surface area contributed by atoms with E-state index in [1.54, 1.807) is 0 Å². The summed E-state index contributed by atoms with van der Waals surface area (Å²) in [6.07, 6.45) is 0. The molecule has 0 spiro atoms. The van der Waals surface area contributed by atoms with Gasteiger partial charge in [0.25, 0.3) is 5.69 Å². The van der Waals surface area contributed by atoms with Gasteiger partial charge < -0.3 is 15.0 Å². The molecule has 0 radical (unpaired) electrons. The standard InChI is InChI=1S/C16H11F2N3O5/c17-9-1-3-11(18)12(5-9)19-15(22)7-20-8-16(23)26-14-6-10(21(24)25)2-4-13(14)20/h1-6H,7-8H2,(H,19,22). The number of amides is 1. The number of carbonyl (C=O) groups excluding carboxylic acids is 2. The number of carbonyl (C=O) groups is 2. The van der Waals surface area contributed by atoms with Gasteiger partial charge in [0, 0.05) is 12.1 Å². The van der Waals surface area contributed by atoms with E-state index < -0.39 is 28.4 Å². The lowest BCUT2D eigenvalue weighted by Gasteiger charge is -2.28. The van der Waals surface area contributed by atoms with Gasteiger partial charge in [-0.2, -0.15) is 0 Å². The molecule has 26 heavy (non-hydrogen) atoms. The van der Waals surface area contributed by atoms with Crippen molar-refractivity contribution >= 4 is 28.9 Å². The zero-order valence-corrected chi connectivity index (χ0v) is 13.1. The minimum Gasteiger partial charge on any atom is -0.423 e. The number of non-ortho nitro benzene ring substituents is 1. The third-order valence-electron chi connectivity index (χ3n) is 3.58. The lowest BCUT2D eigenvalue weighted by molar-refractivity contribution is -0.384. The van der Waals surface area contributed by atoms with Crippen molar-refractivity contribution in [1.82, 2.24) is 0 Å². The van der Waals surface area contributed by atoms with Gasteiger partial charge in [-0.05, 0) is 18.2 Å². The molecule has 0 bridgehead atoms. The number of nitrogens with one attached hydrogen (secondary N) is 1. The van der Waals surface area contributed by atoms with Crippen LogP contribution in [0.3, 0.4) is 0 Å². The second kappa shape index (κ2) is 6.75. The van der Waals surface area contributed by atoms with Crippen molar-refractivity contribution in [3.05, 3.63) is 58.1 Å². The number of esters is 1. The van der Waals surface area contributed by atoms with Gasteiger partial charge in [0.15, 0.2) is 5.75 Å². The summed E-state index contributed by atoms with van der Waals surface area (Å²) in [6.45, 7) is -0.639. The number of nitro benzene ring substituents is 1. The molecule has 1 N–H and O–H groups in total.